The third-order valence-electron chi connectivity index (χ3n) is 1.74. The zero-order valence-electron chi connectivity index (χ0n) is 6.13. The number of aliphatic hydroxyl groups is 1. The van der Waals surface area contributed by atoms with Crippen molar-refractivity contribution >= 4 is 5.91 Å². The number of nitrogens with one attached hydrogen (secondary N) is 1. The highest BCUT2D eigenvalue weighted by Crippen LogP contribution is 2.14. The number of carbonyl (C=O) groups excluding carboxylic acids is 1. The molecule has 1 amide bonds. The van der Waals surface area contributed by atoms with Crippen molar-refractivity contribution in [1.29, 1.82) is 0 Å². The van der Waals surface area contributed by atoms with Crippen molar-refractivity contribution in [2.75, 3.05) is 6.54 Å². The normalized spacial score (nSPS) is 28.2. The van der Waals surface area contributed by atoms with Gasteiger partial charge in [0.25, 0.3) is 0 Å². The molecule has 10 heavy (non-hydrogen) atoms. The molecule has 1 rings (SSSR count). The molecule has 1 unspecified atom stereocenters. The van der Waals surface area contributed by atoms with Gasteiger partial charge in [0.2, 0.25) is 5.91 Å². The van der Waals surface area contributed by atoms with Crippen molar-refractivity contribution in [2.45, 2.75) is 25.9 Å². The summed E-state index contributed by atoms with van der Waals surface area (Å²) >= 11 is 0. The van der Waals surface area contributed by atoms with Crippen LogP contribution in [-0.2, 0) is 4.79 Å². The zero-order chi connectivity index (χ0) is 7.56. The zero-order valence-corrected chi connectivity index (χ0v) is 6.13. The van der Waals surface area contributed by atoms with Crippen molar-refractivity contribution in [3.05, 3.63) is 0 Å². The lowest BCUT2D eigenvalue weighted by atomic mass is 10.0. The summed E-state index contributed by atoms with van der Waals surface area (Å²) in [5, 5.41) is 11.7. The van der Waals surface area contributed by atoms with E-state index < -0.39 is 0 Å². The molecule has 0 aromatic carbocycles. The molecule has 3 nitrogen and oxygen atoms in total. The minimum absolute atomic E-state index is 0.116. The Labute approximate surface area is 60.4 Å². The molecule has 0 bridgehead atoms. The molecule has 0 saturated carbocycles. The fourth-order valence-electron chi connectivity index (χ4n) is 1.31. The summed E-state index contributed by atoms with van der Waals surface area (Å²) in [4.78, 5) is 10.6. The van der Waals surface area contributed by atoms with Gasteiger partial charge >= 0.3 is 0 Å². The average molecular weight is 143 g/mol. The SMILES string of the molecule is CC(O)C[C@H]1CNC(=O)C1. The molecule has 1 fully saturated rings. The van der Waals surface area contributed by atoms with Gasteiger partial charge in [-0.25, -0.2) is 0 Å². The van der Waals surface area contributed by atoms with E-state index in [1.165, 1.54) is 0 Å². The van der Waals surface area contributed by atoms with Gasteiger partial charge in [-0.15, -0.1) is 0 Å². The van der Waals surface area contributed by atoms with Crippen molar-refractivity contribution in [2.24, 2.45) is 5.92 Å². The van der Waals surface area contributed by atoms with Crippen LogP contribution in [-0.4, -0.2) is 23.7 Å². The van der Waals surface area contributed by atoms with Gasteiger partial charge in [0, 0.05) is 13.0 Å². The Morgan fingerprint density at radius 1 is 1.90 bits per heavy atom. The first-order valence-electron chi connectivity index (χ1n) is 3.63. The lowest BCUT2D eigenvalue weighted by molar-refractivity contribution is -0.119. The summed E-state index contributed by atoms with van der Waals surface area (Å²) < 4.78 is 0. The van der Waals surface area contributed by atoms with Gasteiger partial charge in [-0.2, -0.15) is 0 Å². The number of carbonyl (C=O) groups is 1. The summed E-state index contributed by atoms with van der Waals surface area (Å²) in [6.07, 6.45) is 1.04. The Bertz CT molecular complexity index is 134. The van der Waals surface area contributed by atoms with Crippen LogP contribution in [0.15, 0.2) is 0 Å². The largest absolute Gasteiger partial charge is 0.393 e. The van der Waals surface area contributed by atoms with Crippen LogP contribution < -0.4 is 5.32 Å². The molecule has 0 spiro atoms. The summed E-state index contributed by atoms with van der Waals surface area (Å²) in [5.74, 6) is 0.471. The van der Waals surface area contributed by atoms with E-state index in [1.807, 2.05) is 0 Å². The molecule has 0 aliphatic carbocycles. The van der Waals surface area contributed by atoms with Gasteiger partial charge in [-0.05, 0) is 19.3 Å². The summed E-state index contributed by atoms with van der Waals surface area (Å²) in [7, 11) is 0. The molecule has 1 aliphatic rings. The lowest BCUT2D eigenvalue weighted by Gasteiger charge is -2.07. The van der Waals surface area contributed by atoms with Crippen LogP contribution in [0, 0.1) is 5.92 Å². The smallest absolute Gasteiger partial charge is 0.220 e. The van der Waals surface area contributed by atoms with Gasteiger partial charge < -0.3 is 10.4 Å². The molecule has 0 aromatic heterocycles. The standard InChI is InChI=1S/C7H13NO2/c1-5(9)2-6-3-7(10)8-4-6/h5-6,9H,2-4H2,1H3,(H,8,10)/t5?,6-/m1/s1. The maximum Gasteiger partial charge on any atom is 0.220 e. The van der Waals surface area contributed by atoms with E-state index >= 15 is 0 Å². The fraction of sp³-hybridized carbons (Fsp3) is 0.857. The molecule has 1 heterocycles. The van der Waals surface area contributed by atoms with Crippen LogP contribution in [0.1, 0.15) is 19.8 Å². The Kier molecular flexibility index (Phi) is 2.27. The molecule has 1 saturated heterocycles. The Hall–Kier alpha value is -0.570. The van der Waals surface area contributed by atoms with Gasteiger partial charge in [-0.3, -0.25) is 4.79 Å². The van der Waals surface area contributed by atoms with Crippen LogP contribution in [0.25, 0.3) is 0 Å². The van der Waals surface area contributed by atoms with E-state index in [-0.39, 0.29) is 12.0 Å². The second-order valence-electron chi connectivity index (χ2n) is 2.96. The second kappa shape index (κ2) is 3.01. The maximum atomic E-state index is 10.6. The topological polar surface area (TPSA) is 49.3 Å². The van der Waals surface area contributed by atoms with E-state index in [9.17, 15) is 4.79 Å². The van der Waals surface area contributed by atoms with Crippen molar-refractivity contribution in [3.8, 4) is 0 Å². The molecule has 58 valence electrons. The summed E-state index contributed by atoms with van der Waals surface area (Å²) in [6, 6.07) is 0. The molecule has 0 aromatic rings. The van der Waals surface area contributed by atoms with E-state index in [1.54, 1.807) is 6.92 Å². The highest BCUT2D eigenvalue weighted by atomic mass is 16.3. The van der Waals surface area contributed by atoms with Crippen LogP contribution in [0.3, 0.4) is 0 Å². The van der Waals surface area contributed by atoms with Gasteiger partial charge in [-0.1, -0.05) is 0 Å². The monoisotopic (exact) mass is 143 g/mol. The number of aliphatic hydroxyl groups excluding tert-OH is 1. The molecule has 2 N–H and O–H groups in total. The quantitative estimate of drug-likeness (QED) is 0.566. The molecular formula is C7H13NO2. The van der Waals surface area contributed by atoms with E-state index in [2.05, 4.69) is 5.32 Å². The first-order chi connectivity index (χ1) is 4.68. The summed E-state index contributed by atoms with van der Waals surface area (Å²) in [5.41, 5.74) is 0. The van der Waals surface area contributed by atoms with Crippen molar-refractivity contribution in [3.63, 3.8) is 0 Å². The molecular weight excluding hydrogens is 130 g/mol. The molecule has 2 atom stereocenters. The fourth-order valence-corrected chi connectivity index (χ4v) is 1.31. The average Bonchev–Trinajstić information content (AvgIpc) is 2.13. The van der Waals surface area contributed by atoms with Crippen LogP contribution in [0.5, 0.6) is 0 Å². The van der Waals surface area contributed by atoms with Crippen molar-refractivity contribution in [1.82, 2.24) is 5.32 Å². The number of hydrogen-bond acceptors (Lipinski definition) is 2. The first kappa shape index (κ1) is 7.54. The minimum atomic E-state index is -0.280. The van der Waals surface area contributed by atoms with E-state index in [0.717, 1.165) is 13.0 Å². The lowest BCUT2D eigenvalue weighted by Crippen LogP contribution is -2.15. The van der Waals surface area contributed by atoms with Crippen LogP contribution in [0.2, 0.25) is 0 Å². The Balaban J connectivity index is 2.24. The maximum absolute atomic E-state index is 10.6. The van der Waals surface area contributed by atoms with Gasteiger partial charge in [0.1, 0.15) is 0 Å². The van der Waals surface area contributed by atoms with E-state index in [4.69, 9.17) is 5.11 Å². The second-order valence-corrected chi connectivity index (χ2v) is 2.96. The highest BCUT2D eigenvalue weighted by molar-refractivity contribution is 5.78. The van der Waals surface area contributed by atoms with Crippen LogP contribution >= 0.6 is 0 Å². The number of amides is 1. The highest BCUT2D eigenvalue weighted by Gasteiger charge is 2.22. The number of rotatable bonds is 2. The predicted octanol–water partition coefficient (Wildman–Crippen LogP) is -0.107. The number of hydrogen-bond donors (Lipinski definition) is 2. The summed E-state index contributed by atoms with van der Waals surface area (Å²) in [6.45, 7) is 2.49. The van der Waals surface area contributed by atoms with Crippen LogP contribution in [0.4, 0.5) is 0 Å². The molecule has 0 radical (unpaired) electrons. The van der Waals surface area contributed by atoms with Crippen molar-refractivity contribution < 1.29 is 9.90 Å². The first-order valence-corrected chi connectivity index (χ1v) is 3.63. The molecule has 3 heteroatoms. The third-order valence-corrected chi connectivity index (χ3v) is 1.74. The van der Waals surface area contributed by atoms with Gasteiger partial charge in [0.05, 0.1) is 6.10 Å². The minimum Gasteiger partial charge on any atom is -0.393 e. The third kappa shape index (κ3) is 1.99. The van der Waals surface area contributed by atoms with Gasteiger partial charge in [0.15, 0.2) is 0 Å². The molecule has 1 aliphatic heterocycles. The Morgan fingerprint density at radius 2 is 2.60 bits per heavy atom. The Morgan fingerprint density at radius 3 is 3.00 bits per heavy atom. The van der Waals surface area contributed by atoms with E-state index in [0.29, 0.717) is 12.3 Å². The predicted molar refractivity (Wildman–Crippen MR) is 37.4 cm³/mol.